The van der Waals surface area contributed by atoms with Crippen molar-refractivity contribution >= 4 is 23.4 Å². The molecule has 1 aromatic heterocycles. The number of ketones is 1. The van der Waals surface area contributed by atoms with E-state index in [9.17, 15) is 14.4 Å². The van der Waals surface area contributed by atoms with Crippen molar-refractivity contribution in [1.82, 2.24) is 20.0 Å². The van der Waals surface area contributed by atoms with Crippen molar-refractivity contribution in [2.75, 3.05) is 11.9 Å². The Balaban J connectivity index is 1.55. The van der Waals surface area contributed by atoms with Gasteiger partial charge in [-0.2, -0.15) is 5.10 Å². The van der Waals surface area contributed by atoms with E-state index in [1.165, 1.54) is 6.92 Å². The molecule has 8 heteroatoms. The van der Waals surface area contributed by atoms with Crippen LogP contribution in [-0.4, -0.2) is 38.9 Å². The zero-order chi connectivity index (χ0) is 19.4. The second kappa shape index (κ2) is 8.03. The van der Waals surface area contributed by atoms with Crippen LogP contribution in [-0.2, 0) is 24.4 Å². The molecule has 27 heavy (non-hydrogen) atoms. The number of amides is 3. The van der Waals surface area contributed by atoms with Gasteiger partial charge in [0, 0.05) is 31.3 Å². The van der Waals surface area contributed by atoms with Crippen molar-refractivity contribution in [3.05, 3.63) is 47.3 Å². The van der Waals surface area contributed by atoms with Gasteiger partial charge in [-0.3, -0.25) is 14.3 Å². The molecule has 0 radical (unpaired) electrons. The molecule has 1 aliphatic rings. The quantitative estimate of drug-likeness (QED) is 0.807. The van der Waals surface area contributed by atoms with Gasteiger partial charge in [-0.15, -0.1) is 0 Å². The van der Waals surface area contributed by atoms with Crippen LogP contribution >= 0.6 is 0 Å². The van der Waals surface area contributed by atoms with E-state index in [2.05, 4.69) is 15.7 Å². The van der Waals surface area contributed by atoms with Crippen molar-refractivity contribution in [2.45, 2.75) is 39.9 Å². The summed E-state index contributed by atoms with van der Waals surface area (Å²) in [7, 11) is 0. The minimum absolute atomic E-state index is 0.0195. The van der Waals surface area contributed by atoms with Crippen LogP contribution in [0.25, 0.3) is 0 Å². The fourth-order valence-corrected chi connectivity index (χ4v) is 3.01. The lowest BCUT2D eigenvalue weighted by Crippen LogP contribution is -2.28. The average molecular weight is 369 g/mol. The van der Waals surface area contributed by atoms with Gasteiger partial charge in [-0.1, -0.05) is 0 Å². The van der Waals surface area contributed by atoms with Gasteiger partial charge in [-0.05, 0) is 43.7 Å². The second-order valence-corrected chi connectivity index (χ2v) is 6.59. The predicted molar refractivity (Wildman–Crippen MR) is 100 cm³/mol. The molecular weight excluding hydrogens is 346 g/mol. The first-order valence-corrected chi connectivity index (χ1v) is 8.89. The number of hydrogen-bond donors (Lipinski definition) is 2. The lowest BCUT2D eigenvalue weighted by atomic mass is 10.1. The maximum Gasteiger partial charge on any atom is 0.319 e. The first-order valence-electron chi connectivity index (χ1n) is 8.89. The number of carbonyl (C=O) groups excluding carboxylic acids is 3. The number of aromatic nitrogens is 2. The van der Waals surface area contributed by atoms with Crippen LogP contribution in [0.4, 0.5) is 10.5 Å². The van der Waals surface area contributed by atoms with Crippen molar-refractivity contribution in [3.63, 3.8) is 0 Å². The summed E-state index contributed by atoms with van der Waals surface area (Å²) in [6.45, 7) is 5.39. The topological polar surface area (TPSA) is 96.3 Å². The Kier molecular flexibility index (Phi) is 5.54. The van der Waals surface area contributed by atoms with E-state index >= 15 is 0 Å². The van der Waals surface area contributed by atoms with Crippen LogP contribution in [0.5, 0.6) is 0 Å². The summed E-state index contributed by atoms with van der Waals surface area (Å²) < 4.78 is 1.90. The molecule has 3 amide bonds. The maximum atomic E-state index is 12.1. The molecule has 0 bridgehead atoms. The Hall–Kier alpha value is -3.16. The number of carbonyl (C=O) groups is 3. The van der Waals surface area contributed by atoms with Gasteiger partial charge in [0.1, 0.15) is 0 Å². The number of fused-ring (bicyclic) bond motifs is 1. The molecule has 0 atom stereocenters. The maximum absolute atomic E-state index is 12.1. The van der Waals surface area contributed by atoms with Crippen LogP contribution in [0.15, 0.2) is 30.3 Å². The SMILES string of the molecule is CC(=O)c1ccc(NC(=O)NCc2cc3n(n2)CCCN(C(C)=O)C3)cc1. The number of urea groups is 1. The number of nitrogens with zero attached hydrogens (tertiary/aromatic N) is 3. The number of anilines is 1. The standard InChI is InChI=1S/C19H23N5O3/c1-13(25)15-4-6-16(7-5-15)21-19(27)20-11-17-10-18-12-23(14(2)26)8-3-9-24(18)22-17/h4-7,10H,3,8-9,11-12H2,1-2H3,(H2,20,21,27). The van der Waals surface area contributed by atoms with Crippen molar-refractivity contribution in [3.8, 4) is 0 Å². The molecule has 0 aliphatic carbocycles. The van der Waals surface area contributed by atoms with E-state index in [0.29, 0.717) is 17.8 Å². The second-order valence-electron chi connectivity index (χ2n) is 6.59. The molecular formula is C19H23N5O3. The zero-order valence-electron chi connectivity index (χ0n) is 15.5. The molecule has 2 aromatic rings. The molecule has 2 heterocycles. The van der Waals surface area contributed by atoms with Crippen LogP contribution < -0.4 is 10.6 Å². The molecule has 142 valence electrons. The summed E-state index contributed by atoms with van der Waals surface area (Å²) in [6.07, 6.45) is 0.859. The molecule has 0 saturated carbocycles. The Morgan fingerprint density at radius 2 is 1.85 bits per heavy atom. The van der Waals surface area contributed by atoms with Crippen LogP contribution in [0.2, 0.25) is 0 Å². The van der Waals surface area contributed by atoms with Gasteiger partial charge >= 0.3 is 6.03 Å². The van der Waals surface area contributed by atoms with Gasteiger partial charge in [0.05, 0.1) is 24.5 Å². The van der Waals surface area contributed by atoms with Crippen LogP contribution in [0.1, 0.15) is 42.0 Å². The first kappa shape index (κ1) is 18.6. The minimum Gasteiger partial charge on any atom is -0.337 e. The van der Waals surface area contributed by atoms with Crippen molar-refractivity contribution < 1.29 is 14.4 Å². The number of rotatable bonds is 4. The lowest BCUT2D eigenvalue weighted by molar-refractivity contribution is -0.129. The summed E-state index contributed by atoms with van der Waals surface area (Å²) in [6, 6.07) is 8.29. The Morgan fingerprint density at radius 3 is 2.52 bits per heavy atom. The predicted octanol–water partition coefficient (Wildman–Crippen LogP) is 2.16. The molecule has 1 aromatic carbocycles. The van der Waals surface area contributed by atoms with Crippen molar-refractivity contribution in [2.24, 2.45) is 0 Å². The fourth-order valence-electron chi connectivity index (χ4n) is 3.01. The molecule has 2 N–H and O–H groups in total. The molecule has 0 saturated heterocycles. The van der Waals surface area contributed by atoms with E-state index in [4.69, 9.17) is 0 Å². The Labute approximate surface area is 157 Å². The van der Waals surface area contributed by atoms with Gasteiger partial charge in [0.15, 0.2) is 5.78 Å². The Morgan fingerprint density at radius 1 is 1.11 bits per heavy atom. The van der Waals surface area contributed by atoms with E-state index < -0.39 is 0 Å². The molecule has 3 rings (SSSR count). The van der Waals surface area contributed by atoms with Gasteiger partial charge in [0.25, 0.3) is 0 Å². The summed E-state index contributed by atoms with van der Waals surface area (Å²) in [5, 5.41) is 10.0. The highest BCUT2D eigenvalue weighted by Crippen LogP contribution is 2.14. The highest BCUT2D eigenvalue weighted by atomic mass is 16.2. The normalized spacial score (nSPS) is 13.5. The lowest BCUT2D eigenvalue weighted by Gasteiger charge is -2.17. The molecule has 0 fully saturated rings. The molecule has 8 nitrogen and oxygen atoms in total. The third-order valence-electron chi connectivity index (χ3n) is 4.49. The highest BCUT2D eigenvalue weighted by molar-refractivity contribution is 5.95. The number of hydrogen-bond acceptors (Lipinski definition) is 4. The fraction of sp³-hybridized carbons (Fsp3) is 0.368. The monoisotopic (exact) mass is 369 g/mol. The first-order chi connectivity index (χ1) is 12.9. The zero-order valence-corrected chi connectivity index (χ0v) is 15.5. The number of nitrogens with one attached hydrogen (secondary N) is 2. The van der Waals surface area contributed by atoms with Gasteiger partial charge in [-0.25, -0.2) is 4.79 Å². The molecule has 1 aliphatic heterocycles. The van der Waals surface area contributed by atoms with E-state index in [0.717, 1.165) is 30.9 Å². The largest absolute Gasteiger partial charge is 0.337 e. The molecule has 0 spiro atoms. The summed E-state index contributed by atoms with van der Waals surface area (Å²) in [4.78, 5) is 36.8. The highest BCUT2D eigenvalue weighted by Gasteiger charge is 2.18. The van der Waals surface area contributed by atoms with E-state index in [1.807, 2.05) is 10.7 Å². The van der Waals surface area contributed by atoms with Gasteiger partial charge < -0.3 is 15.5 Å². The van der Waals surface area contributed by atoms with Crippen LogP contribution in [0.3, 0.4) is 0 Å². The van der Waals surface area contributed by atoms with E-state index in [-0.39, 0.29) is 24.3 Å². The third kappa shape index (κ3) is 4.72. The minimum atomic E-state index is -0.348. The molecule has 0 unspecified atom stereocenters. The van der Waals surface area contributed by atoms with Crippen LogP contribution in [0, 0.1) is 0 Å². The number of aryl methyl sites for hydroxylation is 1. The van der Waals surface area contributed by atoms with Crippen molar-refractivity contribution in [1.29, 1.82) is 0 Å². The summed E-state index contributed by atoms with van der Waals surface area (Å²) in [5.41, 5.74) is 2.92. The summed E-state index contributed by atoms with van der Waals surface area (Å²) >= 11 is 0. The smallest absolute Gasteiger partial charge is 0.319 e. The van der Waals surface area contributed by atoms with Gasteiger partial charge in [0.2, 0.25) is 5.91 Å². The third-order valence-corrected chi connectivity index (χ3v) is 4.49. The van der Waals surface area contributed by atoms with E-state index in [1.54, 1.807) is 36.1 Å². The summed E-state index contributed by atoms with van der Waals surface area (Å²) in [5.74, 6) is 0.0355. The number of Topliss-reactive ketones (excluding diaryl/α,β-unsaturated/α-hetero) is 1. The Bertz CT molecular complexity index is 857. The average Bonchev–Trinajstić information content (AvgIpc) is 2.90. The number of benzene rings is 1.